The van der Waals surface area contributed by atoms with Crippen molar-refractivity contribution in [1.82, 2.24) is 9.13 Å². The summed E-state index contributed by atoms with van der Waals surface area (Å²) in [4.78, 5) is 0. The summed E-state index contributed by atoms with van der Waals surface area (Å²) in [6.07, 6.45) is 5.22. The maximum atomic E-state index is 2.88. The minimum atomic E-state index is -0.0549. The van der Waals surface area contributed by atoms with Crippen molar-refractivity contribution in [2.45, 2.75) is 117 Å². The van der Waals surface area contributed by atoms with Crippen molar-refractivity contribution in [3.63, 3.8) is 0 Å². The molecule has 4 atom stereocenters. The Balaban J connectivity index is 4.34. The van der Waals surface area contributed by atoms with Gasteiger partial charge in [-0.3, -0.25) is 0 Å². The first-order chi connectivity index (χ1) is 10.4. The lowest BCUT2D eigenvalue weighted by molar-refractivity contribution is 0.265. The monoisotopic (exact) mass is 344 g/mol. The molecule has 4 unspecified atom stereocenters. The Hall–Kier alpha value is 0.354. The molecule has 0 bridgehead atoms. The maximum Gasteiger partial charge on any atom is 0.0954 e. The van der Waals surface area contributed by atoms with Gasteiger partial charge in [0.05, 0.1) is 19.4 Å². The van der Waals surface area contributed by atoms with Crippen molar-refractivity contribution in [1.29, 1.82) is 0 Å². The Morgan fingerprint density at radius 2 is 0.773 bits per heavy atom. The highest BCUT2D eigenvalue weighted by atomic mass is 28.2. The molecular weight excluding hydrogens is 300 g/mol. The maximum absolute atomic E-state index is 2.88. The van der Waals surface area contributed by atoms with Gasteiger partial charge in [0, 0.05) is 0 Å². The molecule has 0 heterocycles. The van der Waals surface area contributed by atoms with Gasteiger partial charge in [0.2, 0.25) is 0 Å². The van der Waals surface area contributed by atoms with E-state index in [4.69, 9.17) is 0 Å². The Kier molecular flexibility index (Phi) is 12.9. The molecule has 0 fully saturated rings. The molecule has 0 aliphatic heterocycles. The highest BCUT2D eigenvalue weighted by molar-refractivity contribution is 6.39. The molecular formula is C18H44N2Si2. The second-order valence-corrected chi connectivity index (χ2v) is 11.0. The summed E-state index contributed by atoms with van der Waals surface area (Å²) in [6.45, 7) is 19.1. The summed E-state index contributed by atoms with van der Waals surface area (Å²) >= 11 is 0. The zero-order chi connectivity index (χ0) is 17.1. The van der Waals surface area contributed by atoms with E-state index in [-0.39, 0.29) is 19.4 Å². The van der Waals surface area contributed by atoms with Crippen molar-refractivity contribution in [2.24, 2.45) is 0 Å². The molecule has 0 aromatic carbocycles. The molecule has 2 nitrogen and oxygen atoms in total. The van der Waals surface area contributed by atoms with E-state index in [2.05, 4.69) is 64.5 Å². The normalized spacial score (nSPS) is 18.8. The van der Waals surface area contributed by atoms with E-state index < -0.39 is 0 Å². The molecule has 0 radical (unpaired) electrons. The molecule has 0 rings (SSSR count). The lowest BCUT2D eigenvalue weighted by atomic mass is 10.2. The zero-order valence-electron chi connectivity index (χ0n) is 16.9. The molecule has 0 saturated heterocycles. The van der Waals surface area contributed by atoms with Gasteiger partial charge in [-0.2, -0.15) is 0 Å². The highest BCUT2D eigenvalue weighted by Crippen LogP contribution is 2.14. The smallest absolute Gasteiger partial charge is 0.0954 e. The Morgan fingerprint density at radius 3 is 0.955 bits per heavy atom. The topological polar surface area (TPSA) is 6.48 Å². The average Bonchev–Trinajstić information content (AvgIpc) is 2.55. The second-order valence-electron chi connectivity index (χ2n) is 7.21. The third-order valence-electron chi connectivity index (χ3n) is 5.71. The van der Waals surface area contributed by atoms with Gasteiger partial charge in [-0.25, -0.2) is 0 Å². The summed E-state index contributed by atoms with van der Waals surface area (Å²) in [5.41, 5.74) is 0. The molecule has 0 aliphatic carbocycles. The third kappa shape index (κ3) is 7.76. The predicted octanol–water partition coefficient (Wildman–Crippen LogP) is 3.79. The van der Waals surface area contributed by atoms with Crippen molar-refractivity contribution in [2.75, 3.05) is 0 Å². The van der Waals surface area contributed by atoms with E-state index in [1.54, 1.807) is 0 Å². The van der Waals surface area contributed by atoms with Crippen molar-refractivity contribution < 1.29 is 0 Å². The number of rotatable bonds is 13. The van der Waals surface area contributed by atoms with Crippen LogP contribution in [0.5, 0.6) is 0 Å². The molecule has 0 saturated carbocycles. The van der Waals surface area contributed by atoms with Gasteiger partial charge in [0.1, 0.15) is 0 Å². The lowest BCUT2D eigenvalue weighted by Crippen LogP contribution is -2.44. The molecule has 0 N–H and O–H groups in total. The number of nitrogens with zero attached hydrogens (tertiary/aromatic N) is 2. The first-order valence-corrected chi connectivity index (χ1v) is 13.2. The summed E-state index contributed by atoms with van der Waals surface area (Å²) in [5.74, 6) is 0. The number of hydrogen-bond donors (Lipinski definition) is 0. The second kappa shape index (κ2) is 12.7. The van der Waals surface area contributed by atoms with Crippen LogP contribution in [0.25, 0.3) is 0 Å². The molecule has 0 aromatic rings. The molecule has 0 spiro atoms. The number of hydrogen-bond acceptors (Lipinski definition) is 2. The summed E-state index contributed by atoms with van der Waals surface area (Å²) in [7, 11) is -0.110. The van der Waals surface area contributed by atoms with E-state index in [1.165, 1.54) is 37.8 Å². The average molecular weight is 345 g/mol. The van der Waals surface area contributed by atoms with Crippen molar-refractivity contribution >= 4 is 19.4 Å². The summed E-state index contributed by atoms with van der Waals surface area (Å²) in [6, 6.07) is 6.24. The van der Waals surface area contributed by atoms with Crippen LogP contribution in [-0.4, -0.2) is 52.7 Å². The van der Waals surface area contributed by atoms with Crippen LogP contribution < -0.4 is 0 Å². The van der Waals surface area contributed by atoms with Crippen LogP contribution in [0.4, 0.5) is 0 Å². The molecule has 0 aliphatic rings. The first-order valence-electron chi connectivity index (χ1n) is 9.94. The van der Waals surface area contributed by atoms with Gasteiger partial charge in [0.25, 0.3) is 0 Å². The Morgan fingerprint density at radius 1 is 0.545 bits per heavy atom. The zero-order valence-corrected chi connectivity index (χ0v) is 19.7. The third-order valence-corrected chi connectivity index (χ3v) is 11.9. The standard InChI is InChI=1S/C18H44N2Si2/c1-9-15(5)19(16(6)10-2)21-13-14-22-20(17(7)11-3)18(8)12-4/h15-18H,9-14,21-22H2,1-8H3. The van der Waals surface area contributed by atoms with Crippen LogP contribution in [0, 0.1) is 0 Å². The van der Waals surface area contributed by atoms with Crippen LogP contribution in [0.3, 0.4) is 0 Å². The fraction of sp³-hybridized carbons (Fsp3) is 1.00. The summed E-state index contributed by atoms with van der Waals surface area (Å²) in [5, 5.41) is 0. The molecule has 134 valence electrons. The van der Waals surface area contributed by atoms with E-state index in [1.807, 2.05) is 0 Å². The van der Waals surface area contributed by atoms with Crippen LogP contribution in [-0.2, 0) is 0 Å². The molecule has 22 heavy (non-hydrogen) atoms. The Bertz CT molecular complexity index is 217. The van der Waals surface area contributed by atoms with Gasteiger partial charge in [0.15, 0.2) is 0 Å². The largest absolute Gasteiger partial charge is 0.324 e. The van der Waals surface area contributed by atoms with Gasteiger partial charge < -0.3 is 9.13 Å². The van der Waals surface area contributed by atoms with Crippen molar-refractivity contribution in [3.05, 3.63) is 0 Å². The van der Waals surface area contributed by atoms with Gasteiger partial charge in [-0.05, 0) is 49.9 Å². The lowest BCUT2D eigenvalue weighted by Gasteiger charge is -2.36. The van der Waals surface area contributed by atoms with E-state index >= 15 is 0 Å². The van der Waals surface area contributed by atoms with Crippen LogP contribution >= 0.6 is 0 Å². The molecule has 0 amide bonds. The van der Waals surface area contributed by atoms with E-state index in [9.17, 15) is 0 Å². The van der Waals surface area contributed by atoms with Crippen LogP contribution in [0.2, 0.25) is 12.1 Å². The fourth-order valence-corrected chi connectivity index (χ4v) is 8.59. The molecule has 4 heteroatoms. The van der Waals surface area contributed by atoms with Crippen LogP contribution in [0.15, 0.2) is 0 Å². The minimum Gasteiger partial charge on any atom is -0.324 e. The van der Waals surface area contributed by atoms with Crippen LogP contribution in [0.1, 0.15) is 81.1 Å². The van der Waals surface area contributed by atoms with E-state index in [0.29, 0.717) is 0 Å². The fourth-order valence-electron chi connectivity index (χ4n) is 3.28. The van der Waals surface area contributed by atoms with Gasteiger partial charge >= 0.3 is 0 Å². The van der Waals surface area contributed by atoms with Gasteiger partial charge in [-0.1, -0.05) is 67.5 Å². The minimum absolute atomic E-state index is 0.0549. The quantitative estimate of drug-likeness (QED) is 0.370. The predicted molar refractivity (Wildman–Crippen MR) is 109 cm³/mol. The summed E-state index contributed by atoms with van der Waals surface area (Å²) < 4.78 is 5.76. The van der Waals surface area contributed by atoms with E-state index in [0.717, 1.165) is 24.2 Å². The molecule has 0 aromatic heterocycles. The highest BCUT2D eigenvalue weighted by Gasteiger charge is 2.19. The SMILES string of the molecule is CCC(C)N([SiH2]CC[SiH2]N(C(C)CC)C(C)CC)C(C)CC. The van der Waals surface area contributed by atoms with Gasteiger partial charge in [-0.15, -0.1) is 0 Å². The van der Waals surface area contributed by atoms with Crippen molar-refractivity contribution in [3.8, 4) is 0 Å². The first kappa shape index (κ1) is 22.4. The Labute approximate surface area is 146 Å².